The number of aromatic nitrogens is 1. The van der Waals surface area contributed by atoms with Crippen molar-refractivity contribution in [3.05, 3.63) is 52.1 Å². The summed E-state index contributed by atoms with van der Waals surface area (Å²) in [5.41, 5.74) is 6.97. The van der Waals surface area contributed by atoms with E-state index >= 15 is 0 Å². The van der Waals surface area contributed by atoms with E-state index in [1.54, 1.807) is 24.4 Å². The second kappa shape index (κ2) is 6.93. The predicted octanol–water partition coefficient (Wildman–Crippen LogP) is 4.46. The molecule has 0 aliphatic heterocycles. The van der Waals surface area contributed by atoms with Crippen molar-refractivity contribution in [3.63, 3.8) is 0 Å². The first-order valence-corrected chi connectivity index (χ1v) is 7.18. The van der Waals surface area contributed by atoms with Gasteiger partial charge in [-0.3, -0.25) is 0 Å². The van der Waals surface area contributed by atoms with E-state index in [0.717, 1.165) is 18.4 Å². The van der Waals surface area contributed by atoms with Crippen molar-refractivity contribution in [1.82, 2.24) is 4.98 Å². The highest BCUT2D eigenvalue weighted by molar-refractivity contribution is 6.42. The van der Waals surface area contributed by atoms with E-state index < -0.39 is 0 Å². The molecule has 20 heavy (non-hydrogen) atoms. The summed E-state index contributed by atoms with van der Waals surface area (Å²) in [6, 6.07) is 9.05. The Balaban J connectivity index is 2.22. The number of hydrogen-bond donors (Lipinski definition) is 1. The van der Waals surface area contributed by atoms with Crippen LogP contribution in [-0.2, 0) is 6.42 Å². The molecule has 2 aromatic rings. The van der Waals surface area contributed by atoms with Crippen molar-refractivity contribution in [2.45, 2.75) is 25.8 Å². The minimum Gasteiger partial charge on any atom is -0.439 e. The first-order chi connectivity index (χ1) is 9.60. The molecule has 5 heteroatoms. The molecule has 0 bridgehead atoms. The fourth-order valence-corrected chi connectivity index (χ4v) is 2.04. The molecule has 1 aromatic heterocycles. The molecule has 106 valence electrons. The first kappa shape index (κ1) is 15.1. The van der Waals surface area contributed by atoms with Crippen LogP contribution in [0.2, 0.25) is 10.0 Å². The van der Waals surface area contributed by atoms with Gasteiger partial charge in [0, 0.05) is 23.9 Å². The van der Waals surface area contributed by atoms with E-state index in [1.165, 1.54) is 0 Å². The summed E-state index contributed by atoms with van der Waals surface area (Å²) in [5.74, 6) is 1.15. The Hall–Kier alpha value is -1.29. The van der Waals surface area contributed by atoms with Gasteiger partial charge in [0.15, 0.2) is 0 Å². The molecule has 3 nitrogen and oxygen atoms in total. The monoisotopic (exact) mass is 310 g/mol. The summed E-state index contributed by atoms with van der Waals surface area (Å²) in [5, 5.41) is 0.945. The van der Waals surface area contributed by atoms with Crippen LogP contribution in [0.1, 0.15) is 18.9 Å². The predicted molar refractivity (Wildman–Crippen MR) is 82.7 cm³/mol. The first-order valence-electron chi connectivity index (χ1n) is 6.42. The Kier molecular flexibility index (Phi) is 5.24. The van der Waals surface area contributed by atoms with Gasteiger partial charge < -0.3 is 10.5 Å². The Morgan fingerprint density at radius 1 is 1.25 bits per heavy atom. The van der Waals surface area contributed by atoms with Gasteiger partial charge in [0.1, 0.15) is 5.75 Å². The Labute approximate surface area is 128 Å². The van der Waals surface area contributed by atoms with Gasteiger partial charge in [-0.05, 0) is 31.0 Å². The minimum absolute atomic E-state index is 0.0929. The van der Waals surface area contributed by atoms with E-state index in [-0.39, 0.29) is 6.04 Å². The van der Waals surface area contributed by atoms with Crippen LogP contribution >= 0.6 is 23.2 Å². The molecular formula is C15H16Cl2N2O. The molecule has 1 unspecified atom stereocenters. The van der Waals surface area contributed by atoms with Crippen molar-refractivity contribution < 1.29 is 4.74 Å². The average Bonchev–Trinajstić information content (AvgIpc) is 2.45. The second-order valence-corrected chi connectivity index (χ2v) is 5.33. The third-order valence-electron chi connectivity index (χ3n) is 2.96. The Bertz CT molecular complexity index is 590. The highest BCUT2D eigenvalue weighted by Crippen LogP contribution is 2.30. The van der Waals surface area contributed by atoms with E-state index in [9.17, 15) is 0 Å². The number of pyridine rings is 1. The van der Waals surface area contributed by atoms with Crippen LogP contribution in [0, 0.1) is 0 Å². The third-order valence-corrected chi connectivity index (χ3v) is 3.70. The molecule has 0 radical (unpaired) electrons. The number of rotatable bonds is 5. The molecule has 1 atom stereocenters. The lowest BCUT2D eigenvalue weighted by atomic mass is 10.1. The molecule has 0 amide bonds. The van der Waals surface area contributed by atoms with Gasteiger partial charge in [-0.1, -0.05) is 36.2 Å². The summed E-state index contributed by atoms with van der Waals surface area (Å²) < 4.78 is 5.78. The fraction of sp³-hybridized carbons (Fsp3) is 0.267. The van der Waals surface area contributed by atoms with E-state index in [4.69, 9.17) is 33.7 Å². The zero-order valence-corrected chi connectivity index (χ0v) is 12.7. The summed E-state index contributed by atoms with van der Waals surface area (Å²) in [6.45, 7) is 2.06. The lowest BCUT2D eigenvalue weighted by Gasteiger charge is -2.13. The minimum atomic E-state index is 0.0929. The van der Waals surface area contributed by atoms with Crippen LogP contribution in [0.15, 0.2) is 36.5 Å². The fourth-order valence-electron chi connectivity index (χ4n) is 1.75. The van der Waals surface area contributed by atoms with Crippen LogP contribution in [-0.4, -0.2) is 11.0 Å². The molecule has 0 aliphatic rings. The van der Waals surface area contributed by atoms with Crippen LogP contribution in [0.3, 0.4) is 0 Å². The summed E-state index contributed by atoms with van der Waals surface area (Å²) in [6.07, 6.45) is 3.32. The zero-order chi connectivity index (χ0) is 14.5. The van der Waals surface area contributed by atoms with E-state index in [1.807, 2.05) is 12.1 Å². The maximum atomic E-state index is 5.99. The highest BCUT2D eigenvalue weighted by atomic mass is 35.5. The standard InChI is InChI=1S/C15H16Cl2N2O/c1-2-11(18)8-10-4-3-7-19-15(10)20-12-5-6-13(16)14(17)9-12/h3-7,9,11H,2,8,18H2,1H3. The maximum Gasteiger partial charge on any atom is 0.222 e. The van der Waals surface area contributed by atoms with Crippen LogP contribution in [0.4, 0.5) is 0 Å². The molecule has 2 rings (SSSR count). The van der Waals surface area contributed by atoms with Gasteiger partial charge >= 0.3 is 0 Å². The van der Waals surface area contributed by atoms with E-state index in [2.05, 4.69) is 11.9 Å². The number of nitrogens with zero attached hydrogens (tertiary/aromatic N) is 1. The van der Waals surface area contributed by atoms with Crippen LogP contribution in [0.25, 0.3) is 0 Å². The molecule has 1 aromatic carbocycles. The Morgan fingerprint density at radius 3 is 2.75 bits per heavy atom. The molecular weight excluding hydrogens is 295 g/mol. The van der Waals surface area contributed by atoms with Gasteiger partial charge in [-0.15, -0.1) is 0 Å². The van der Waals surface area contributed by atoms with Crippen molar-refractivity contribution in [2.75, 3.05) is 0 Å². The van der Waals surface area contributed by atoms with Crippen LogP contribution in [0.5, 0.6) is 11.6 Å². The van der Waals surface area contributed by atoms with Gasteiger partial charge in [0.25, 0.3) is 0 Å². The lowest BCUT2D eigenvalue weighted by molar-refractivity contribution is 0.452. The molecule has 0 fully saturated rings. The number of benzene rings is 1. The summed E-state index contributed by atoms with van der Waals surface area (Å²) in [4.78, 5) is 4.26. The van der Waals surface area contributed by atoms with E-state index in [0.29, 0.717) is 21.7 Å². The molecule has 0 spiro atoms. The SMILES string of the molecule is CCC(N)Cc1cccnc1Oc1ccc(Cl)c(Cl)c1. The van der Waals surface area contributed by atoms with Gasteiger partial charge in [0.05, 0.1) is 10.0 Å². The largest absolute Gasteiger partial charge is 0.439 e. The van der Waals surface area contributed by atoms with Crippen molar-refractivity contribution >= 4 is 23.2 Å². The van der Waals surface area contributed by atoms with Gasteiger partial charge in [-0.25, -0.2) is 4.98 Å². The number of hydrogen-bond acceptors (Lipinski definition) is 3. The van der Waals surface area contributed by atoms with Gasteiger partial charge in [0.2, 0.25) is 5.88 Å². The quantitative estimate of drug-likeness (QED) is 0.887. The normalized spacial score (nSPS) is 12.2. The third kappa shape index (κ3) is 3.85. The Morgan fingerprint density at radius 2 is 2.05 bits per heavy atom. The topological polar surface area (TPSA) is 48.1 Å². The number of nitrogens with two attached hydrogens (primary N) is 1. The van der Waals surface area contributed by atoms with Crippen LogP contribution < -0.4 is 10.5 Å². The number of ether oxygens (including phenoxy) is 1. The molecule has 2 N–H and O–H groups in total. The molecule has 0 aliphatic carbocycles. The average molecular weight is 311 g/mol. The van der Waals surface area contributed by atoms with Crippen molar-refractivity contribution in [1.29, 1.82) is 0 Å². The number of halogens is 2. The smallest absolute Gasteiger partial charge is 0.222 e. The zero-order valence-electron chi connectivity index (χ0n) is 11.1. The summed E-state index contributed by atoms with van der Waals surface area (Å²) in [7, 11) is 0. The second-order valence-electron chi connectivity index (χ2n) is 4.52. The molecule has 1 heterocycles. The maximum absolute atomic E-state index is 5.99. The molecule has 0 saturated heterocycles. The van der Waals surface area contributed by atoms with Crippen molar-refractivity contribution in [3.8, 4) is 11.6 Å². The van der Waals surface area contributed by atoms with Crippen molar-refractivity contribution in [2.24, 2.45) is 5.73 Å². The highest BCUT2D eigenvalue weighted by Gasteiger charge is 2.10. The summed E-state index contributed by atoms with van der Waals surface area (Å²) >= 11 is 11.9. The van der Waals surface area contributed by atoms with Gasteiger partial charge in [-0.2, -0.15) is 0 Å². The molecule has 0 saturated carbocycles. The lowest BCUT2D eigenvalue weighted by Crippen LogP contribution is -2.21.